The monoisotopic (exact) mass is 418 g/mol. The summed E-state index contributed by atoms with van der Waals surface area (Å²) in [5.41, 5.74) is 1.72. The number of fused-ring (bicyclic) bond motifs is 1. The van der Waals surface area contributed by atoms with Crippen LogP contribution in [0.25, 0.3) is 16.5 Å². The van der Waals surface area contributed by atoms with Crippen LogP contribution in [-0.2, 0) is 4.79 Å². The van der Waals surface area contributed by atoms with Crippen molar-refractivity contribution in [3.63, 3.8) is 0 Å². The number of hydrogen-bond donors (Lipinski definition) is 0. The highest BCUT2D eigenvalue weighted by Gasteiger charge is 2.30. The summed E-state index contributed by atoms with van der Waals surface area (Å²) in [6, 6.07) is 14.3. The quantitative estimate of drug-likeness (QED) is 0.638. The fourth-order valence-corrected chi connectivity index (χ4v) is 4.24. The minimum Gasteiger partial charge on any atom is -0.343 e. The summed E-state index contributed by atoms with van der Waals surface area (Å²) in [6.45, 7) is 5.78. The first-order valence-electron chi connectivity index (χ1n) is 10.5. The van der Waals surface area contributed by atoms with Crippen LogP contribution in [0.4, 0.5) is 0 Å². The molecule has 1 atom stereocenters. The summed E-state index contributed by atoms with van der Waals surface area (Å²) in [4.78, 5) is 41.1. The highest BCUT2D eigenvalue weighted by atomic mass is 16.2. The van der Waals surface area contributed by atoms with E-state index in [1.165, 1.54) is 4.68 Å². The Morgan fingerprint density at radius 3 is 2.42 bits per heavy atom. The molecule has 0 radical (unpaired) electrons. The predicted molar refractivity (Wildman–Crippen MR) is 119 cm³/mol. The van der Waals surface area contributed by atoms with Gasteiger partial charge in [-0.1, -0.05) is 18.2 Å². The van der Waals surface area contributed by atoms with E-state index in [1.807, 2.05) is 36.9 Å². The fraction of sp³-hybridized carbons (Fsp3) is 0.333. The second-order valence-electron chi connectivity index (χ2n) is 8.08. The maximum Gasteiger partial charge on any atom is 0.279 e. The molecule has 0 N–H and O–H groups in total. The van der Waals surface area contributed by atoms with Crippen LogP contribution in [-0.4, -0.2) is 58.1 Å². The summed E-state index contributed by atoms with van der Waals surface area (Å²) in [5, 5.41) is 5.89. The number of aryl methyl sites for hydroxylation is 1. The number of rotatable bonds is 5. The second kappa shape index (κ2) is 8.34. The van der Waals surface area contributed by atoms with Crippen LogP contribution < -0.4 is 5.56 Å². The number of hydrogen-bond acceptors (Lipinski definition) is 4. The van der Waals surface area contributed by atoms with E-state index in [1.54, 1.807) is 42.3 Å². The first-order chi connectivity index (χ1) is 14.9. The first-order valence-corrected chi connectivity index (χ1v) is 10.5. The number of nitrogens with zero attached hydrogens (tertiary/aromatic N) is 4. The summed E-state index contributed by atoms with van der Waals surface area (Å²) >= 11 is 0. The predicted octanol–water partition coefficient (Wildman–Crippen LogP) is 2.63. The van der Waals surface area contributed by atoms with Crippen molar-refractivity contribution in [1.29, 1.82) is 0 Å². The molecule has 1 unspecified atom stereocenters. The van der Waals surface area contributed by atoms with Crippen molar-refractivity contribution < 1.29 is 9.59 Å². The van der Waals surface area contributed by atoms with Crippen molar-refractivity contribution in [2.75, 3.05) is 26.7 Å². The van der Waals surface area contributed by atoms with Gasteiger partial charge >= 0.3 is 0 Å². The molecule has 2 amide bonds. The maximum absolute atomic E-state index is 12.9. The smallest absolute Gasteiger partial charge is 0.279 e. The molecule has 31 heavy (non-hydrogen) atoms. The molecule has 1 aromatic heterocycles. The van der Waals surface area contributed by atoms with Gasteiger partial charge in [0, 0.05) is 50.0 Å². The van der Waals surface area contributed by atoms with Gasteiger partial charge < -0.3 is 9.80 Å². The van der Waals surface area contributed by atoms with Gasteiger partial charge in [0.1, 0.15) is 0 Å². The molecule has 160 valence electrons. The van der Waals surface area contributed by atoms with E-state index in [2.05, 4.69) is 5.10 Å². The average molecular weight is 418 g/mol. The second-order valence-corrected chi connectivity index (χ2v) is 8.08. The highest BCUT2D eigenvalue weighted by Crippen LogP contribution is 2.19. The zero-order valence-electron chi connectivity index (χ0n) is 18.0. The molecular formula is C24H26N4O3. The standard InChI is InChI=1S/C24H26N4O3/c1-4-27-15-17(13-22(27)29)14-26(3)23(30)18-9-11-19(12-10-18)28-24(31)21-8-6-5-7-20(21)16(2)25-28/h5-12,17H,4,13-15H2,1-3H3. The molecule has 2 aromatic carbocycles. The lowest BCUT2D eigenvalue weighted by molar-refractivity contribution is -0.127. The molecule has 2 heterocycles. The minimum absolute atomic E-state index is 0.107. The van der Waals surface area contributed by atoms with E-state index in [0.29, 0.717) is 42.7 Å². The van der Waals surface area contributed by atoms with Crippen molar-refractivity contribution in [3.8, 4) is 5.69 Å². The molecule has 0 aliphatic carbocycles. The van der Waals surface area contributed by atoms with Gasteiger partial charge in [0.25, 0.3) is 11.5 Å². The Bertz CT molecular complexity index is 1200. The number of amides is 2. The van der Waals surface area contributed by atoms with Gasteiger partial charge in [-0.05, 0) is 44.2 Å². The SMILES string of the molecule is CCN1CC(CN(C)C(=O)c2ccc(-n3nc(C)c4ccccc4c3=O)cc2)CC1=O. The first kappa shape index (κ1) is 20.8. The zero-order valence-corrected chi connectivity index (χ0v) is 18.0. The number of benzene rings is 2. The lowest BCUT2D eigenvalue weighted by atomic mass is 10.1. The van der Waals surface area contributed by atoms with Crippen LogP contribution in [0.1, 0.15) is 29.4 Å². The lowest BCUT2D eigenvalue weighted by Crippen LogP contribution is -2.33. The van der Waals surface area contributed by atoms with Crippen LogP contribution in [0.2, 0.25) is 0 Å². The maximum atomic E-state index is 12.9. The average Bonchev–Trinajstić information content (AvgIpc) is 3.14. The Labute approximate surface area is 180 Å². The molecular weight excluding hydrogens is 392 g/mol. The number of likely N-dealkylation sites (tertiary alicyclic amines) is 1. The molecule has 0 spiro atoms. The third-order valence-electron chi connectivity index (χ3n) is 5.90. The number of carbonyl (C=O) groups is 2. The van der Waals surface area contributed by atoms with Crippen LogP contribution in [0, 0.1) is 12.8 Å². The van der Waals surface area contributed by atoms with Gasteiger partial charge in [-0.25, -0.2) is 0 Å². The molecule has 7 heteroatoms. The molecule has 4 rings (SSSR count). The van der Waals surface area contributed by atoms with Crippen LogP contribution in [0.3, 0.4) is 0 Å². The van der Waals surface area contributed by atoms with Gasteiger partial charge in [-0.3, -0.25) is 14.4 Å². The van der Waals surface area contributed by atoms with Crippen molar-refractivity contribution in [2.24, 2.45) is 5.92 Å². The molecule has 1 aliphatic heterocycles. The van der Waals surface area contributed by atoms with Crippen LogP contribution in [0.15, 0.2) is 53.3 Å². The minimum atomic E-state index is -0.191. The van der Waals surface area contributed by atoms with E-state index in [9.17, 15) is 14.4 Å². The fourth-order valence-electron chi connectivity index (χ4n) is 4.24. The Morgan fingerprint density at radius 1 is 1.10 bits per heavy atom. The largest absolute Gasteiger partial charge is 0.343 e. The molecule has 1 saturated heterocycles. The Hall–Kier alpha value is -3.48. The van der Waals surface area contributed by atoms with E-state index in [4.69, 9.17) is 0 Å². The third kappa shape index (κ3) is 3.95. The van der Waals surface area contributed by atoms with Gasteiger partial charge in [0.2, 0.25) is 5.91 Å². The van der Waals surface area contributed by atoms with Crippen molar-refractivity contribution >= 4 is 22.6 Å². The van der Waals surface area contributed by atoms with E-state index in [-0.39, 0.29) is 23.3 Å². The van der Waals surface area contributed by atoms with Crippen molar-refractivity contribution in [2.45, 2.75) is 20.3 Å². The molecule has 7 nitrogen and oxygen atoms in total. The molecule has 1 fully saturated rings. The summed E-state index contributed by atoms with van der Waals surface area (Å²) in [6.07, 6.45) is 0.486. The molecule has 0 saturated carbocycles. The lowest BCUT2D eigenvalue weighted by Gasteiger charge is -2.21. The van der Waals surface area contributed by atoms with Gasteiger partial charge in [0.05, 0.1) is 16.8 Å². The Balaban J connectivity index is 1.53. The summed E-state index contributed by atoms with van der Waals surface area (Å²) in [5.74, 6) is 0.203. The summed E-state index contributed by atoms with van der Waals surface area (Å²) < 4.78 is 1.37. The molecule has 3 aromatic rings. The van der Waals surface area contributed by atoms with Crippen LogP contribution >= 0.6 is 0 Å². The zero-order chi connectivity index (χ0) is 22.1. The molecule has 1 aliphatic rings. The topological polar surface area (TPSA) is 75.5 Å². The van der Waals surface area contributed by atoms with Crippen LogP contribution in [0.5, 0.6) is 0 Å². The van der Waals surface area contributed by atoms with E-state index < -0.39 is 0 Å². The van der Waals surface area contributed by atoms with Gasteiger partial charge in [-0.15, -0.1) is 0 Å². The Kier molecular flexibility index (Phi) is 5.59. The van der Waals surface area contributed by atoms with Crippen molar-refractivity contribution in [3.05, 3.63) is 70.1 Å². The van der Waals surface area contributed by atoms with E-state index >= 15 is 0 Å². The summed E-state index contributed by atoms with van der Waals surface area (Å²) in [7, 11) is 1.76. The van der Waals surface area contributed by atoms with Crippen molar-refractivity contribution in [1.82, 2.24) is 19.6 Å². The van der Waals surface area contributed by atoms with Gasteiger partial charge in [-0.2, -0.15) is 9.78 Å². The number of aromatic nitrogens is 2. The van der Waals surface area contributed by atoms with Gasteiger partial charge in [0.15, 0.2) is 0 Å². The van der Waals surface area contributed by atoms with E-state index in [0.717, 1.165) is 11.1 Å². The normalized spacial score (nSPS) is 16.2. The highest BCUT2D eigenvalue weighted by molar-refractivity contribution is 5.94. The molecule has 0 bridgehead atoms. The Morgan fingerprint density at radius 2 is 1.77 bits per heavy atom. The third-order valence-corrected chi connectivity index (χ3v) is 5.90. The number of carbonyl (C=O) groups excluding carboxylic acids is 2.